The van der Waals surface area contributed by atoms with E-state index >= 15 is 0 Å². The summed E-state index contributed by atoms with van der Waals surface area (Å²) >= 11 is 4.71. The minimum absolute atomic E-state index is 0.244. The monoisotopic (exact) mass is 304 g/mol. The predicted octanol–water partition coefficient (Wildman–Crippen LogP) is 0.527. The standard InChI is InChI=1S/C11H13FN2O3S2/c12-8-2-1-3-9(10(8)11(13)18)19(15,16)14-7-4-5-17-6-7/h1-3,7,14H,4-6H2,(H2,13,18). The number of nitrogens with one attached hydrogen (secondary N) is 1. The molecule has 1 heterocycles. The van der Waals surface area contributed by atoms with Crippen molar-refractivity contribution in [1.82, 2.24) is 4.72 Å². The van der Waals surface area contributed by atoms with Crippen LogP contribution in [0.1, 0.15) is 12.0 Å². The van der Waals surface area contributed by atoms with Gasteiger partial charge in [0.2, 0.25) is 10.0 Å². The first-order chi connectivity index (χ1) is 8.92. The van der Waals surface area contributed by atoms with E-state index < -0.39 is 15.8 Å². The maximum atomic E-state index is 13.7. The van der Waals surface area contributed by atoms with Crippen LogP contribution in [0.2, 0.25) is 0 Å². The van der Waals surface area contributed by atoms with E-state index in [1.807, 2.05) is 0 Å². The number of nitrogens with two attached hydrogens (primary N) is 1. The molecule has 1 unspecified atom stereocenters. The number of halogens is 1. The van der Waals surface area contributed by atoms with Gasteiger partial charge in [-0.05, 0) is 18.6 Å². The van der Waals surface area contributed by atoms with E-state index in [0.29, 0.717) is 19.6 Å². The Morgan fingerprint density at radius 2 is 2.26 bits per heavy atom. The van der Waals surface area contributed by atoms with Crippen molar-refractivity contribution in [2.45, 2.75) is 17.4 Å². The van der Waals surface area contributed by atoms with Crippen molar-refractivity contribution >= 4 is 27.2 Å². The third kappa shape index (κ3) is 3.08. The predicted molar refractivity (Wildman–Crippen MR) is 71.8 cm³/mol. The van der Waals surface area contributed by atoms with E-state index in [0.717, 1.165) is 6.07 Å². The van der Waals surface area contributed by atoms with Crippen molar-refractivity contribution in [3.63, 3.8) is 0 Å². The van der Waals surface area contributed by atoms with Gasteiger partial charge in [-0.1, -0.05) is 18.3 Å². The lowest BCUT2D eigenvalue weighted by Crippen LogP contribution is -2.36. The van der Waals surface area contributed by atoms with Gasteiger partial charge in [0.05, 0.1) is 17.1 Å². The lowest BCUT2D eigenvalue weighted by atomic mass is 10.2. The van der Waals surface area contributed by atoms with Gasteiger partial charge in [-0.2, -0.15) is 0 Å². The number of benzene rings is 1. The number of sulfonamides is 1. The zero-order valence-electron chi connectivity index (χ0n) is 9.93. The Balaban J connectivity index is 2.39. The Bertz CT molecular complexity index is 598. The number of hydrogen-bond donors (Lipinski definition) is 2. The first kappa shape index (κ1) is 14.3. The van der Waals surface area contributed by atoms with Gasteiger partial charge in [0.1, 0.15) is 10.8 Å². The first-order valence-corrected chi connectivity index (χ1v) is 7.49. The summed E-state index contributed by atoms with van der Waals surface area (Å²) in [5.41, 5.74) is 5.13. The highest BCUT2D eigenvalue weighted by Gasteiger charge is 2.27. The molecule has 2 rings (SSSR count). The van der Waals surface area contributed by atoms with Crippen LogP contribution in [-0.4, -0.2) is 32.7 Å². The van der Waals surface area contributed by atoms with Crippen LogP contribution in [-0.2, 0) is 14.8 Å². The molecule has 1 saturated heterocycles. The molecule has 104 valence electrons. The van der Waals surface area contributed by atoms with Crippen LogP contribution in [0.25, 0.3) is 0 Å². The summed E-state index contributed by atoms with van der Waals surface area (Å²) in [5.74, 6) is -0.752. The molecule has 5 nitrogen and oxygen atoms in total. The Kier molecular flexibility index (Phi) is 4.14. The van der Waals surface area contributed by atoms with E-state index in [1.54, 1.807) is 0 Å². The van der Waals surface area contributed by atoms with Gasteiger partial charge in [-0.15, -0.1) is 0 Å². The highest BCUT2D eigenvalue weighted by molar-refractivity contribution is 7.89. The number of hydrogen-bond acceptors (Lipinski definition) is 4. The highest BCUT2D eigenvalue weighted by atomic mass is 32.2. The highest BCUT2D eigenvalue weighted by Crippen LogP contribution is 2.20. The van der Waals surface area contributed by atoms with E-state index in [-0.39, 0.29) is 21.5 Å². The molecular formula is C11H13FN2O3S2. The van der Waals surface area contributed by atoms with Crippen LogP contribution in [0.5, 0.6) is 0 Å². The van der Waals surface area contributed by atoms with Crippen molar-refractivity contribution < 1.29 is 17.5 Å². The molecule has 1 atom stereocenters. The van der Waals surface area contributed by atoms with E-state index in [2.05, 4.69) is 4.72 Å². The SMILES string of the molecule is NC(=S)c1c(F)cccc1S(=O)(=O)NC1CCOC1. The molecule has 0 spiro atoms. The lowest BCUT2D eigenvalue weighted by molar-refractivity contribution is 0.192. The molecule has 1 aromatic carbocycles. The molecular weight excluding hydrogens is 291 g/mol. The average molecular weight is 304 g/mol. The normalized spacial score (nSPS) is 19.5. The van der Waals surface area contributed by atoms with Crippen molar-refractivity contribution in [3.05, 3.63) is 29.6 Å². The topological polar surface area (TPSA) is 81.4 Å². The molecule has 0 aliphatic carbocycles. The van der Waals surface area contributed by atoms with Gasteiger partial charge in [-0.25, -0.2) is 17.5 Å². The summed E-state index contributed by atoms with van der Waals surface area (Å²) in [6.07, 6.45) is 0.580. The van der Waals surface area contributed by atoms with Crippen LogP contribution in [0.4, 0.5) is 4.39 Å². The zero-order chi connectivity index (χ0) is 14.0. The third-order valence-electron chi connectivity index (χ3n) is 2.76. The summed E-state index contributed by atoms with van der Waals surface area (Å²) in [6.45, 7) is 0.801. The Hall–Kier alpha value is -1.09. The van der Waals surface area contributed by atoms with Gasteiger partial charge < -0.3 is 10.5 Å². The molecule has 19 heavy (non-hydrogen) atoms. The Labute approximate surface area is 116 Å². The zero-order valence-corrected chi connectivity index (χ0v) is 11.6. The van der Waals surface area contributed by atoms with E-state index in [1.165, 1.54) is 12.1 Å². The molecule has 0 saturated carbocycles. The van der Waals surface area contributed by atoms with Crippen LogP contribution in [0.3, 0.4) is 0 Å². The van der Waals surface area contributed by atoms with Crippen molar-refractivity contribution in [2.24, 2.45) is 5.73 Å². The fourth-order valence-corrected chi connectivity index (χ4v) is 3.64. The summed E-state index contributed by atoms with van der Waals surface area (Å²) in [7, 11) is -3.88. The molecule has 1 aromatic rings. The smallest absolute Gasteiger partial charge is 0.241 e. The van der Waals surface area contributed by atoms with Crippen molar-refractivity contribution in [2.75, 3.05) is 13.2 Å². The van der Waals surface area contributed by atoms with E-state index in [4.69, 9.17) is 22.7 Å². The van der Waals surface area contributed by atoms with Crippen LogP contribution >= 0.6 is 12.2 Å². The fourth-order valence-electron chi connectivity index (χ4n) is 1.88. The molecule has 1 fully saturated rings. The quantitative estimate of drug-likeness (QED) is 0.793. The first-order valence-electron chi connectivity index (χ1n) is 5.60. The minimum Gasteiger partial charge on any atom is -0.389 e. The maximum Gasteiger partial charge on any atom is 0.241 e. The minimum atomic E-state index is -3.88. The molecule has 0 amide bonds. The molecule has 1 aliphatic heterocycles. The summed E-state index contributed by atoms with van der Waals surface area (Å²) in [6, 6.07) is 3.38. The lowest BCUT2D eigenvalue weighted by Gasteiger charge is -2.14. The van der Waals surface area contributed by atoms with Crippen LogP contribution in [0.15, 0.2) is 23.1 Å². The molecule has 0 aromatic heterocycles. The molecule has 1 aliphatic rings. The van der Waals surface area contributed by atoms with Crippen molar-refractivity contribution in [1.29, 1.82) is 0 Å². The third-order valence-corrected chi connectivity index (χ3v) is 4.53. The van der Waals surface area contributed by atoms with E-state index in [9.17, 15) is 12.8 Å². The van der Waals surface area contributed by atoms with Gasteiger partial charge in [0, 0.05) is 12.6 Å². The van der Waals surface area contributed by atoms with Crippen LogP contribution < -0.4 is 10.5 Å². The van der Waals surface area contributed by atoms with Gasteiger partial charge in [0.25, 0.3) is 0 Å². The summed E-state index contributed by atoms with van der Waals surface area (Å²) in [5, 5.41) is 0. The average Bonchev–Trinajstić information content (AvgIpc) is 2.80. The maximum absolute atomic E-state index is 13.7. The molecule has 8 heteroatoms. The second-order valence-corrected chi connectivity index (χ2v) is 6.28. The number of thiocarbonyl (C=S) groups is 1. The number of rotatable bonds is 4. The summed E-state index contributed by atoms with van der Waals surface area (Å²) < 4.78 is 45.6. The molecule has 0 radical (unpaired) electrons. The fraction of sp³-hybridized carbons (Fsp3) is 0.364. The van der Waals surface area contributed by atoms with Gasteiger partial charge in [0.15, 0.2) is 0 Å². The largest absolute Gasteiger partial charge is 0.389 e. The van der Waals surface area contributed by atoms with Crippen LogP contribution in [0, 0.1) is 5.82 Å². The van der Waals surface area contributed by atoms with Gasteiger partial charge >= 0.3 is 0 Å². The van der Waals surface area contributed by atoms with Gasteiger partial charge in [-0.3, -0.25) is 0 Å². The second kappa shape index (κ2) is 5.49. The number of ether oxygens (including phenoxy) is 1. The molecule has 3 N–H and O–H groups in total. The van der Waals surface area contributed by atoms with Crippen molar-refractivity contribution in [3.8, 4) is 0 Å². The second-order valence-electron chi connectivity index (χ2n) is 4.16. The summed E-state index contributed by atoms with van der Waals surface area (Å²) in [4.78, 5) is -0.534. The Morgan fingerprint density at radius 3 is 2.84 bits per heavy atom. The molecule has 0 bridgehead atoms. The Morgan fingerprint density at radius 1 is 1.53 bits per heavy atom.